The Morgan fingerprint density at radius 2 is 2.18 bits per heavy atom. The number of aryl methyl sites for hydroxylation is 1. The lowest BCUT2D eigenvalue weighted by Gasteiger charge is -2.16. The summed E-state index contributed by atoms with van der Waals surface area (Å²) in [6.45, 7) is 4.56. The first-order chi connectivity index (χ1) is 8.11. The Hall–Kier alpha value is -1.10. The van der Waals surface area contributed by atoms with E-state index >= 15 is 0 Å². The van der Waals surface area contributed by atoms with Crippen LogP contribution in [-0.2, 0) is 0 Å². The van der Waals surface area contributed by atoms with Crippen LogP contribution in [0, 0.1) is 6.92 Å². The van der Waals surface area contributed by atoms with Gasteiger partial charge in [-0.25, -0.2) is 0 Å². The summed E-state index contributed by atoms with van der Waals surface area (Å²) in [6.07, 6.45) is -0.579. The van der Waals surface area contributed by atoms with Crippen LogP contribution >= 0.6 is 0 Å². The van der Waals surface area contributed by atoms with Gasteiger partial charge in [-0.2, -0.15) is 0 Å². The van der Waals surface area contributed by atoms with Gasteiger partial charge in [-0.05, 0) is 31.5 Å². The van der Waals surface area contributed by atoms with Crippen LogP contribution in [0.3, 0.4) is 0 Å². The molecule has 3 N–H and O–H groups in total. The minimum absolute atomic E-state index is 0.0105. The van der Waals surface area contributed by atoms with Gasteiger partial charge < -0.3 is 20.3 Å². The van der Waals surface area contributed by atoms with Gasteiger partial charge in [-0.15, -0.1) is 0 Å². The number of ether oxygens (including phenoxy) is 1. The van der Waals surface area contributed by atoms with Crippen LogP contribution in [0.15, 0.2) is 24.3 Å². The molecule has 2 unspecified atom stereocenters. The quantitative estimate of drug-likeness (QED) is 0.655. The molecule has 0 aliphatic heterocycles. The first-order valence-corrected chi connectivity index (χ1v) is 5.83. The summed E-state index contributed by atoms with van der Waals surface area (Å²) in [6, 6.07) is 7.69. The Bertz CT molecular complexity index is 330. The Labute approximate surface area is 102 Å². The minimum Gasteiger partial charge on any atom is -0.491 e. The monoisotopic (exact) mass is 239 g/mol. The van der Waals surface area contributed by atoms with Crippen molar-refractivity contribution in [2.75, 3.05) is 19.8 Å². The van der Waals surface area contributed by atoms with Crippen molar-refractivity contribution in [1.29, 1.82) is 0 Å². The molecule has 4 nitrogen and oxygen atoms in total. The van der Waals surface area contributed by atoms with Crippen LogP contribution < -0.4 is 10.1 Å². The fourth-order valence-electron chi connectivity index (χ4n) is 1.36. The SMILES string of the molecule is Cc1cccc(OCC(O)CNC(C)CO)c1. The Balaban J connectivity index is 2.26. The molecule has 0 aliphatic rings. The molecular weight excluding hydrogens is 218 g/mol. The highest BCUT2D eigenvalue weighted by Crippen LogP contribution is 2.12. The van der Waals surface area contributed by atoms with Gasteiger partial charge in [0.1, 0.15) is 18.5 Å². The van der Waals surface area contributed by atoms with E-state index < -0.39 is 6.10 Å². The topological polar surface area (TPSA) is 61.7 Å². The number of aliphatic hydroxyl groups is 2. The van der Waals surface area contributed by atoms with E-state index in [2.05, 4.69) is 5.32 Å². The molecule has 2 atom stereocenters. The second-order valence-electron chi connectivity index (χ2n) is 4.27. The van der Waals surface area contributed by atoms with Crippen LogP contribution in [0.1, 0.15) is 12.5 Å². The highest BCUT2D eigenvalue weighted by atomic mass is 16.5. The summed E-state index contributed by atoms with van der Waals surface area (Å²) in [5, 5.41) is 21.5. The molecule has 0 aliphatic carbocycles. The molecule has 0 saturated carbocycles. The van der Waals surface area contributed by atoms with E-state index in [1.54, 1.807) is 0 Å². The lowest BCUT2D eigenvalue weighted by molar-refractivity contribution is 0.101. The molecule has 0 bridgehead atoms. The molecular formula is C13H21NO3. The molecule has 0 heterocycles. The standard InChI is InChI=1S/C13H21NO3/c1-10-4-3-5-13(6-10)17-9-12(16)7-14-11(2)8-15/h3-6,11-12,14-16H,7-9H2,1-2H3. The van der Waals surface area contributed by atoms with Crippen LogP contribution in [0.25, 0.3) is 0 Å². The van der Waals surface area contributed by atoms with Crippen molar-refractivity contribution in [3.63, 3.8) is 0 Å². The first-order valence-electron chi connectivity index (χ1n) is 5.83. The Morgan fingerprint density at radius 3 is 2.82 bits per heavy atom. The summed E-state index contributed by atoms with van der Waals surface area (Å²) in [4.78, 5) is 0. The zero-order valence-corrected chi connectivity index (χ0v) is 10.4. The number of aliphatic hydroxyl groups excluding tert-OH is 2. The molecule has 0 amide bonds. The number of benzene rings is 1. The summed E-state index contributed by atoms with van der Waals surface area (Å²) >= 11 is 0. The van der Waals surface area contributed by atoms with Gasteiger partial charge in [0.2, 0.25) is 0 Å². The van der Waals surface area contributed by atoms with E-state index in [0.717, 1.165) is 11.3 Å². The van der Waals surface area contributed by atoms with Crippen LogP contribution in [-0.4, -0.2) is 42.1 Å². The summed E-state index contributed by atoms with van der Waals surface area (Å²) in [5.41, 5.74) is 1.13. The van der Waals surface area contributed by atoms with Crippen molar-refractivity contribution in [3.8, 4) is 5.75 Å². The van der Waals surface area contributed by atoms with E-state index in [1.165, 1.54) is 0 Å². The predicted molar refractivity (Wildman–Crippen MR) is 67.2 cm³/mol. The molecule has 1 rings (SSSR count). The van der Waals surface area contributed by atoms with Crippen molar-refractivity contribution in [1.82, 2.24) is 5.32 Å². The van der Waals surface area contributed by atoms with Crippen LogP contribution in [0.2, 0.25) is 0 Å². The van der Waals surface area contributed by atoms with E-state index in [-0.39, 0.29) is 19.3 Å². The van der Waals surface area contributed by atoms with Crippen LogP contribution in [0.5, 0.6) is 5.75 Å². The van der Waals surface area contributed by atoms with Gasteiger partial charge in [0.25, 0.3) is 0 Å². The third-order valence-corrected chi connectivity index (χ3v) is 2.41. The zero-order valence-electron chi connectivity index (χ0n) is 10.4. The molecule has 0 saturated heterocycles. The predicted octanol–water partition coefficient (Wildman–Crippen LogP) is 0.705. The molecule has 4 heteroatoms. The Morgan fingerprint density at radius 1 is 1.41 bits per heavy atom. The second kappa shape index (κ2) is 7.27. The molecule has 0 radical (unpaired) electrons. The van der Waals surface area contributed by atoms with Crippen LogP contribution in [0.4, 0.5) is 0 Å². The van der Waals surface area contributed by atoms with E-state index in [9.17, 15) is 5.11 Å². The van der Waals surface area contributed by atoms with E-state index in [4.69, 9.17) is 9.84 Å². The second-order valence-corrected chi connectivity index (χ2v) is 4.27. The van der Waals surface area contributed by atoms with Gasteiger partial charge in [0.15, 0.2) is 0 Å². The normalized spacial score (nSPS) is 14.4. The number of hydrogen-bond donors (Lipinski definition) is 3. The third-order valence-electron chi connectivity index (χ3n) is 2.41. The lowest BCUT2D eigenvalue weighted by Crippen LogP contribution is -2.38. The molecule has 0 fully saturated rings. The van der Waals surface area contributed by atoms with Crippen molar-refractivity contribution < 1.29 is 14.9 Å². The van der Waals surface area contributed by atoms with Crippen molar-refractivity contribution >= 4 is 0 Å². The number of hydrogen-bond acceptors (Lipinski definition) is 4. The maximum absolute atomic E-state index is 9.66. The fourth-order valence-corrected chi connectivity index (χ4v) is 1.36. The summed E-state index contributed by atoms with van der Waals surface area (Å²) in [7, 11) is 0. The largest absolute Gasteiger partial charge is 0.491 e. The van der Waals surface area contributed by atoms with Crippen molar-refractivity contribution in [3.05, 3.63) is 29.8 Å². The van der Waals surface area contributed by atoms with Gasteiger partial charge in [-0.1, -0.05) is 12.1 Å². The highest BCUT2D eigenvalue weighted by molar-refractivity contribution is 5.27. The maximum atomic E-state index is 9.66. The van der Waals surface area contributed by atoms with Gasteiger partial charge in [-0.3, -0.25) is 0 Å². The molecule has 0 aromatic heterocycles. The average Bonchev–Trinajstić information content (AvgIpc) is 2.33. The highest BCUT2D eigenvalue weighted by Gasteiger charge is 2.07. The third kappa shape index (κ3) is 5.68. The molecule has 96 valence electrons. The molecule has 1 aromatic rings. The maximum Gasteiger partial charge on any atom is 0.119 e. The minimum atomic E-state index is -0.579. The van der Waals surface area contributed by atoms with Crippen molar-refractivity contribution in [2.24, 2.45) is 0 Å². The molecule has 1 aromatic carbocycles. The van der Waals surface area contributed by atoms with E-state index in [0.29, 0.717) is 6.54 Å². The van der Waals surface area contributed by atoms with Gasteiger partial charge in [0, 0.05) is 12.6 Å². The average molecular weight is 239 g/mol. The molecule has 17 heavy (non-hydrogen) atoms. The van der Waals surface area contributed by atoms with Gasteiger partial charge >= 0.3 is 0 Å². The fraction of sp³-hybridized carbons (Fsp3) is 0.538. The Kier molecular flexibility index (Phi) is 5.97. The smallest absolute Gasteiger partial charge is 0.119 e. The number of rotatable bonds is 7. The summed E-state index contributed by atoms with van der Waals surface area (Å²) < 4.78 is 5.46. The lowest BCUT2D eigenvalue weighted by atomic mass is 10.2. The summed E-state index contributed by atoms with van der Waals surface area (Å²) in [5.74, 6) is 0.763. The zero-order chi connectivity index (χ0) is 12.7. The van der Waals surface area contributed by atoms with Crippen molar-refractivity contribution in [2.45, 2.75) is 26.0 Å². The van der Waals surface area contributed by atoms with E-state index in [1.807, 2.05) is 38.1 Å². The first kappa shape index (κ1) is 14.0. The molecule has 0 spiro atoms. The van der Waals surface area contributed by atoms with Gasteiger partial charge in [0.05, 0.1) is 6.61 Å². The number of nitrogens with one attached hydrogen (secondary N) is 1.